The second-order valence-electron chi connectivity index (χ2n) is 5.82. The second kappa shape index (κ2) is 17.2. The van der Waals surface area contributed by atoms with Crippen molar-refractivity contribution in [1.29, 1.82) is 0 Å². The third kappa shape index (κ3) is 17.1. The van der Waals surface area contributed by atoms with Crippen LogP contribution in [0.4, 0.5) is 0 Å². The summed E-state index contributed by atoms with van der Waals surface area (Å²) in [4.78, 5) is 0. The van der Waals surface area contributed by atoms with E-state index in [1.165, 1.54) is 64.2 Å². The number of unbranched alkanes of at least 4 members (excludes halogenated alkanes) is 10. The van der Waals surface area contributed by atoms with Crippen molar-refractivity contribution in [3.63, 3.8) is 0 Å². The number of hydrogen-bond acceptors (Lipinski definition) is 2. The van der Waals surface area contributed by atoms with Gasteiger partial charge in [0.25, 0.3) is 0 Å². The zero-order valence-electron chi connectivity index (χ0n) is 14.1. The van der Waals surface area contributed by atoms with E-state index >= 15 is 0 Å². The van der Waals surface area contributed by atoms with Crippen LogP contribution in [0.2, 0.25) is 0 Å². The zero-order chi connectivity index (χ0) is 15.8. The Hall–Kier alpha value is 0.864. The number of rotatable bonds is 16. The molecule has 126 valence electrons. The molecule has 0 atom stereocenters. The molecule has 0 bridgehead atoms. The monoisotopic (exact) mass is 354 g/mol. The van der Waals surface area contributed by atoms with Crippen LogP contribution in [0, 0.1) is 0 Å². The molecule has 0 aromatic heterocycles. The molecule has 0 unspecified atom stereocenters. The first-order chi connectivity index (χ1) is 10.2. The average molecular weight is 354 g/mol. The van der Waals surface area contributed by atoms with Crippen molar-refractivity contribution in [2.75, 3.05) is 12.3 Å². The van der Waals surface area contributed by atoms with Crippen molar-refractivity contribution >= 4 is 8.15 Å². The van der Waals surface area contributed by atoms with E-state index in [2.05, 4.69) is 13.8 Å². The average Bonchev–Trinajstić information content (AvgIpc) is 2.45. The van der Waals surface area contributed by atoms with E-state index in [0.717, 1.165) is 25.2 Å². The Bertz CT molecular complexity index is 224. The quantitative estimate of drug-likeness (QED) is 0.213. The summed E-state index contributed by atoms with van der Waals surface area (Å²) >= 11 is -3.34. The molecule has 21 heavy (non-hydrogen) atoms. The Kier molecular flexibility index (Phi) is 17.9. The van der Waals surface area contributed by atoms with Crippen molar-refractivity contribution < 1.29 is 28.7 Å². The van der Waals surface area contributed by atoms with Crippen LogP contribution in [0.15, 0.2) is 0 Å². The van der Waals surface area contributed by atoms with E-state index in [9.17, 15) is 3.32 Å². The fraction of sp³-hybridized carbons (Fsp3) is 1.00. The summed E-state index contributed by atoms with van der Waals surface area (Å²) in [5.41, 5.74) is 0. The van der Waals surface area contributed by atoms with Gasteiger partial charge in [-0.1, -0.05) is 0 Å². The second-order valence-corrected chi connectivity index (χ2v) is 9.55. The van der Waals surface area contributed by atoms with Crippen molar-refractivity contribution in [3.05, 3.63) is 0 Å². The number of hydrogen-bond donors (Lipinski definition) is 1. The van der Waals surface area contributed by atoms with Crippen LogP contribution in [-0.2, 0) is 25.0 Å². The third-order valence-corrected chi connectivity index (χ3v) is 7.72. The molecule has 0 rings (SSSR count). The Morgan fingerprint density at radius 3 is 1.52 bits per heavy atom. The summed E-state index contributed by atoms with van der Waals surface area (Å²) in [6.07, 6.45) is 17.3. The minimum absolute atomic E-state index is 0.638. The molecule has 0 saturated heterocycles. The van der Waals surface area contributed by atoms with E-state index in [1.54, 1.807) is 0 Å². The van der Waals surface area contributed by atoms with Gasteiger partial charge in [0.15, 0.2) is 0 Å². The van der Waals surface area contributed by atoms with Crippen LogP contribution in [-0.4, -0.2) is 16.0 Å². The molecule has 1 N–H and O–H groups in total. The fourth-order valence-electron chi connectivity index (χ4n) is 2.45. The van der Waals surface area contributed by atoms with Crippen molar-refractivity contribution in [3.8, 4) is 0 Å². The summed E-state index contributed by atoms with van der Waals surface area (Å²) in [5, 5.41) is 0. The van der Waals surface area contributed by atoms with Gasteiger partial charge >= 0.3 is 140 Å². The van der Waals surface area contributed by atoms with E-state index in [-0.39, 0.29) is 0 Å². The van der Waals surface area contributed by atoms with Crippen LogP contribution >= 0.6 is 8.15 Å². The topological polar surface area (TPSA) is 46.5 Å². The predicted molar refractivity (Wildman–Crippen MR) is 87.4 cm³/mol. The molecule has 0 aliphatic rings. The SMILES string of the molecule is CCCCCCCCP(CCCCCCCC)[O][Ti](=[O])[OH]. The first-order valence-electron chi connectivity index (χ1n) is 8.86. The summed E-state index contributed by atoms with van der Waals surface area (Å²) in [5.74, 6) is 0. The first-order valence-corrected chi connectivity index (χ1v) is 12.5. The molecule has 0 saturated carbocycles. The van der Waals surface area contributed by atoms with Crippen LogP contribution in [0.5, 0.6) is 0 Å². The molecule has 0 amide bonds. The molecule has 3 nitrogen and oxygen atoms in total. The predicted octanol–water partition coefficient (Wildman–Crippen LogP) is 5.91. The summed E-state index contributed by atoms with van der Waals surface area (Å²) in [7, 11) is -0.638. The molecule has 0 radical (unpaired) electrons. The maximum atomic E-state index is 11.0. The molecular formula is C16H35O3PTi. The molecule has 5 heteroatoms. The Morgan fingerprint density at radius 2 is 1.14 bits per heavy atom. The molecule has 0 heterocycles. The van der Waals surface area contributed by atoms with Crippen LogP contribution in [0.1, 0.15) is 90.9 Å². The molecule has 0 aliphatic carbocycles. The standard InChI is InChI=1S/C16H34OP.H2O.O.Ti/c1-3-5-7-9-11-13-15-18(17)16-14-12-10-8-6-4-2;;;/h3-16H2,1-2H3;1H2;;/q-1;;;+2/p-1. The van der Waals surface area contributed by atoms with Gasteiger partial charge in [0, 0.05) is 0 Å². The third-order valence-electron chi connectivity index (χ3n) is 3.73. The molecule has 0 fully saturated rings. The van der Waals surface area contributed by atoms with E-state index in [0.29, 0.717) is 0 Å². The van der Waals surface area contributed by atoms with E-state index in [1.807, 2.05) is 0 Å². The molecular weight excluding hydrogens is 319 g/mol. The Balaban J connectivity index is 3.64. The van der Waals surface area contributed by atoms with Gasteiger partial charge in [-0.2, -0.15) is 0 Å². The summed E-state index contributed by atoms with van der Waals surface area (Å²) in [6, 6.07) is 0. The molecule has 0 aromatic rings. The van der Waals surface area contributed by atoms with Gasteiger partial charge in [0.05, 0.1) is 0 Å². The molecule has 0 aliphatic heterocycles. The van der Waals surface area contributed by atoms with Crippen LogP contribution < -0.4 is 0 Å². The molecule has 0 aromatic carbocycles. The van der Waals surface area contributed by atoms with Gasteiger partial charge in [-0.25, -0.2) is 0 Å². The van der Waals surface area contributed by atoms with Crippen LogP contribution in [0.25, 0.3) is 0 Å². The molecule has 0 spiro atoms. The summed E-state index contributed by atoms with van der Waals surface area (Å²) in [6.45, 7) is 4.46. The Labute approximate surface area is 140 Å². The van der Waals surface area contributed by atoms with E-state index < -0.39 is 26.8 Å². The fourth-order valence-corrected chi connectivity index (χ4v) is 6.12. The van der Waals surface area contributed by atoms with Gasteiger partial charge in [-0.15, -0.1) is 0 Å². The summed E-state index contributed by atoms with van der Waals surface area (Å²) < 4.78 is 25.4. The van der Waals surface area contributed by atoms with Gasteiger partial charge in [-0.05, 0) is 0 Å². The van der Waals surface area contributed by atoms with Crippen molar-refractivity contribution in [2.45, 2.75) is 90.9 Å². The maximum absolute atomic E-state index is 11.0. The minimum atomic E-state index is -3.34. The van der Waals surface area contributed by atoms with Crippen molar-refractivity contribution in [1.82, 2.24) is 0 Å². The van der Waals surface area contributed by atoms with E-state index in [4.69, 9.17) is 6.79 Å². The normalized spacial score (nSPS) is 11.2. The van der Waals surface area contributed by atoms with Gasteiger partial charge < -0.3 is 0 Å². The van der Waals surface area contributed by atoms with Gasteiger partial charge in [0.2, 0.25) is 0 Å². The van der Waals surface area contributed by atoms with Crippen LogP contribution in [0.3, 0.4) is 0 Å². The first kappa shape index (κ1) is 21.9. The Morgan fingerprint density at radius 1 is 0.762 bits per heavy atom. The van der Waals surface area contributed by atoms with Gasteiger partial charge in [-0.3, -0.25) is 0 Å². The van der Waals surface area contributed by atoms with Crippen molar-refractivity contribution in [2.24, 2.45) is 0 Å². The zero-order valence-corrected chi connectivity index (χ0v) is 16.6. The van der Waals surface area contributed by atoms with Gasteiger partial charge in [0.1, 0.15) is 0 Å².